The predicted molar refractivity (Wildman–Crippen MR) is 73.5 cm³/mol. The minimum absolute atomic E-state index is 0.0592. The number of carboxylic acid groups (broad SMARTS) is 1. The third-order valence-corrected chi connectivity index (χ3v) is 3.44. The molecule has 0 saturated carbocycles. The first-order valence-corrected chi connectivity index (χ1v) is 6.68. The van der Waals surface area contributed by atoms with Crippen LogP contribution in [0.2, 0.25) is 0 Å². The van der Waals surface area contributed by atoms with Gasteiger partial charge in [0, 0.05) is 23.9 Å². The molecule has 0 radical (unpaired) electrons. The summed E-state index contributed by atoms with van der Waals surface area (Å²) < 4.78 is 1.69. The zero-order chi connectivity index (χ0) is 14.6. The van der Waals surface area contributed by atoms with Gasteiger partial charge in [0.05, 0.1) is 0 Å². The molecular weight excluding hydrogens is 244 g/mol. The Labute approximate surface area is 113 Å². The van der Waals surface area contributed by atoms with Crippen LogP contribution < -0.4 is 5.69 Å². The number of hydrogen-bond acceptors (Lipinski definition) is 3. The van der Waals surface area contributed by atoms with E-state index in [4.69, 9.17) is 5.11 Å². The van der Waals surface area contributed by atoms with Gasteiger partial charge in [-0.15, -0.1) is 0 Å². The molecule has 0 aliphatic heterocycles. The van der Waals surface area contributed by atoms with Gasteiger partial charge in [-0.05, 0) is 39.2 Å². The van der Waals surface area contributed by atoms with Gasteiger partial charge in [-0.25, -0.2) is 4.79 Å². The molecule has 1 heterocycles. The number of aromatic nitrogens is 2. The average Bonchev–Trinajstić information content (AvgIpc) is 2.27. The number of rotatable bonds is 6. The fourth-order valence-electron chi connectivity index (χ4n) is 2.48. The topological polar surface area (TPSA) is 72.2 Å². The van der Waals surface area contributed by atoms with E-state index in [-0.39, 0.29) is 18.2 Å². The second-order valence-corrected chi connectivity index (χ2v) is 4.95. The summed E-state index contributed by atoms with van der Waals surface area (Å²) in [6.45, 7) is 7.71. The molecule has 0 spiro atoms. The van der Waals surface area contributed by atoms with E-state index in [0.29, 0.717) is 12.1 Å². The highest BCUT2D eigenvalue weighted by Crippen LogP contribution is 2.18. The number of aliphatic carboxylic acids is 1. The lowest BCUT2D eigenvalue weighted by Crippen LogP contribution is -2.30. The van der Waals surface area contributed by atoms with E-state index in [0.717, 1.165) is 24.1 Å². The number of nitrogens with zero attached hydrogens (tertiary/aromatic N) is 2. The van der Waals surface area contributed by atoms with Crippen molar-refractivity contribution in [3.05, 3.63) is 27.4 Å². The Kier molecular flexibility index (Phi) is 5.27. The third-order valence-electron chi connectivity index (χ3n) is 3.44. The zero-order valence-electron chi connectivity index (χ0n) is 12.1. The van der Waals surface area contributed by atoms with Gasteiger partial charge in [0.15, 0.2) is 0 Å². The Balaban J connectivity index is 3.22. The molecule has 5 heteroatoms. The fourth-order valence-corrected chi connectivity index (χ4v) is 2.48. The van der Waals surface area contributed by atoms with Crippen LogP contribution in [0.4, 0.5) is 0 Å². The SMILES string of the molecule is CCCC(C)n1c(C)c(CCC(=O)O)c(C)nc1=O. The van der Waals surface area contributed by atoms with Gasteiger partial charge < -0.3 is 5.11 Å². The van der Waals surface area contributed by atoms with Gasteiger partial charge in [0.25, 0.3) is 0 Å². The number of hydrogen-bond donors (Lipinski definition) is 1. The highest BCUT2D eigenvalue weighted by atomic mass is 16.4. The summed E-state index contributed by atoms with van der Waals surface area (Å²) in [6.07, 6.45) is 2.37. The molecule has 0 bridgehead atoms. The summed E-state index contributed by atoms with van der Waals surface area (Å²) in [5.74, 6) is -0.835. The molecule has 5 nitrogen and oxygen atoms in total. The van der Waals surface area contributed by atoms with E-state index in [9.17, 15) is 9.59 Å². The first-order valence-electron chi connectivity index (χ1n) is 6.68. The van der Waals surface area contributed by atoms with E-state index in [2.05, 4.69) is 11.9 Å². The molecule has 1 N–H and O–H groups in total. The Hall–Kier alpha value is -1.65. The number of carbonyl (C=O) groups is 1. The Morgan fingerprint density at radius 1 is 1.42 bits per heavy atom. The molecule has 0 aliphatic carbocycles. The van der Waals surface area contributed by atoms with Crippen LogP contribution in [0.1, 0.15) is 56.1 Å². The van der Waals surface area contributed by atoms with Crippen molar-refractivity contribution in [2.24, 2.45) is 0 Å². The summed E-state index contributed by atoms with van der Waals surface area (Å²) in [7, 11) is 0. The lowest BCUT2D eigenvalue weighted by atomic mass is 10.1. The fraction of sp³-hybridized carbons (Fsp3) is 0.643. The van der Waals surface area contributed by atoms with Gasteiger partial charge in [0.1, 0.15) is 0 Å². The van der Waals surface area contributed by atoms with E-state index in [1.54, 1.807) is 11.5 Å². The normalized spacial score (nSPS) is 12.4. The van der Waals surface area contributed by atoms with Crippen molar-refractivity contribution in [1.82, 2.24) is 9.55 Å². The second-order valence-electron chi connectivity index (χ2n) is 4.95. The van der Waals surface area contributed by atoms with Crippen LogP contribution in [0, 0.1) is 13.8 Å². The van der Waals surface area contributed by atoms with Crippen molar-refractivity contribution in [2.45, 2.75) is 59.4 Å². The van der Waals surface area contributed by atoms with Crippen molar-refractivity contribution in [3.8, 4) is 0 Å². The number of aryl methyl sites for hydroxylation is 1. The van der Waals surface area contributed by atoms with Gasteiger partial charge in [-0.1, -0.05) is 13.3 Å². The van der Waals surface area contributed by atoms with Crippen LogP contribution in [-0.4, -0.2) is 20.6 Å². The minimum atomic E-state index is -0.835. The molecular formula is C14H22N2O3. The Bertz CT molecular complexity index is 520. The molecule has 0 fully saturated rings. The minimum Gasteiger partial charge on any atom is -0.481 e. The van der Waals surface area contributed by atoms with Gasteiger partial charge in [-0.2, -0.15) is 4.98 Å². The molecule has 1 atom stereocenters. The van der Waals surface area contributed by atoms with E-state index in [1.165, 1.54) is 0 Å². The molecule has 19 heavy (non-hydrogen) atoms. The standard InChI is InChI=1S/C14H22N2O3/c1-5-6-9(2)16-11(4)12(7-8-13(17)18)10(3)15-14(16)19/h9H,5-8H2,1-4H3,(H,17,18). The molecule has 0 amide bonds. The van der Waals surface area contributed by atoms with Crippen LogP contribution >= 0.6 is 0 Å². The van der Waals surface area contributed by atoms with Crippen molar-refractivity contribution in [3.63, 3.8) is 0 Å². The van der Waals surface area contributed by atoms with Crippen LogP contribution in [0.25, 0.3) is 0 Å². The van der Waals surface area contributed by atoms with Crippen LogP contribution in [-0.2, 0) is 11.2 Å². The Morgan fingerprint density at radius 2 is 2.05 bits per heavy atom. The third kappa shape index (κ3) is 3.66. The average molecular weight is 266 g/mol. The van der Waals surface area contributed by atoms with E-state index in [1.807, 2.05) is 13.8 Å². The smallest absolute Gasteiger partial charge is 0.348 e. The first kappa shape index (κ1) is 15.4. The highest BCUT2D eigenvalue weighted by molar-refractivity contribution is 5.67. The summed E-state index contributed by atoms with van der Waals surface area (Å²) in [4.78, 5) is 26.7. The lowest BCUT2D eigenvalue weighted by molar-refractivity contribution is -0.136. The molecule has 1 aromatic rings. The van der Waals surface area contributed by atoms with Gasteiger partial charge in [-0.3, -0.25) is 9.36 Å². The summed E-state index contributed by atoms with van der Waals surface area (Å²) >= 11 is 0. The molecule has 0 aromatic carbocycles. The molecule has 1 unspecified atom stereocenters. The maximum absolute atomic E-state index is 12.0. The predicted octanol–water partition coefficient (Wildman–Crippen LogP) is 2.24. The van der Waals surface area contributed by atoms with Crippen LogP contribution in [0.15, 0.2) is 4.79 Å². The zero-order valence-corrected chi connectivity index (χ0v) is 12.1. The van der Waals surface area contributed by atoms with Crippen molar-refractivity contribution in [1.29, 1.82) is 0 Å². The van der Waals surface area contributed by atoms with E-state index < -0.39 is 5.97 Å². The quantitative estimate of drug-likeness (QED) is 0.857. The Morgan fingerprint density at radius 3 is 2.58 bits per heavy atom. The molecule has 1 aromatic heterocycles. The molecule has 0 saturated heterocycles. The largest absolute Gasteiger partial charge is 0.481 e. The maximum atomic E-state index is 12.0. The maximum Gasteiger partial charge on any atom is 0.348 e. The lowest BCUT2D eigenvalue weighted by Gasteiger charge is -2.20. The summed E-state index contributed by atoms with van der Waals surface area (Å²) in [6, 6.07) is 0.0918. The van der Waals surface area contributed by atoms with Crippen molar-refractivity contribution >= 4 is 5.97 Å². The summed E-state index contributed by atoms with van der Waals surface area (Å²) in [5.41, 5.74) is 2.13. The molecule has 1 rings (SSSR count). The molecule has 0 aliphatic rings. The molecule has 106 valence electrons. The first-order chi connectivity index (χ1) is 8.88. The van der Waals surface area contributed by atoms with E-state index >= 15 is 0 Å². The highest BCUT2D eigenvalue weighted by Gasteiger charge is 2.16. The van der Waals surface area contributed by atoms with Gasteiger partial charge >= 0.3 is 11.7 Å². The van der Waals surface area contributed by atoms with Crippen molar-refractivity contribution < 1.29 is 9.90 Å². The number of carboxylic acids is 1. The van der Waals surface area contributed by atoms with Gasteiger partial charge in [0.2, 0.25) is 0 Å². The van der Waals surface area contributed by atoms with Crippen LogP contribution in [0.3, 0.4) is 0 Å². The van der Waals surface area contributed by atoms with Crippen LogP contribution in [0.5, 0.6) is 0 Å². The van der Waals surface area contributed by atoms with Crippen molar-refractivity contribution in [2.75, 3.05) is 0 Å². The second kappa shape index (κ2) is 6.50. The summed E-state index contributed by atoms with van der Waals surface area (Å²) in [5, 5.41) is 8.78. The monoisotopic (exact) mass is 266 g/mol.